The van der Waals surface area contributed by atoms with Crippen molar-refractivity contribution >= 4 is 146 Å². The predicted molar refractivity (Wildman–Crippen MR) is 302 cm³/mol. The van der Waals surface area contributed by atoms with Crippen LogP contribution in [0.15, 0.2) is 89.5 Å². The van der Waals surface area contributed by atoms with E-state index < -0.39 is 38.7 Å². The van der Waals surface area contributed by atoms with E-state index in [0.717, 1.165) is 42.1 Å². The molecule has 2 N–H and O–H groups in total. The molecular formula is C47H60N6O7S8Zn2. The van der Waals surface area contributed by atoms with Crippen molar-refractivity contribution in [1.82, 2.24) is 20.4 Å². The van der Waals surface area contributed by atoms with Crippen molar-refractivity contribution in [2.75, 3.05) is 65.3 Å². The summed E-state index contributed by atoms with van der Waals surface area (Å²) in [7, 11) is 14.2. The Morgan fingerprint density at radius 2 is 1.04 bits per heavy atom. The maximum atomic E-state index is 13.0. The number of rotatable bonds is 14. The summed E-state index contributed by atoms with van der Waals surface area (Å²) >= 11 is 28.0. The molecule has 0 radical (unpaired) electrons. The fourth-order valence-electron chi connectivity index (χ4n) is 6.02. The Morgan fingerprint density at radius 1 is 0.643 bits per heavy atom. The Hall–Kier alpha value is -3.23. The van der Waals surface area contributed by atoms with Crippen LogP contribution in [0.25, 0.3) is 0 Å². The van der Waals surface area contributed by atoms with E-state index in [2.05, 4.69) is 60.3 Å². The van der Waals surface area contributed by atoms with Crippen LogP contribution in [0.3, 0.4) is 0 Å². The smallest absolute Gasteiger partial charge is 0.467 e. The van der Waals surface area contributed by atoms with Gasteiger partial charge in [-0.25, -0.2) is 9.59 Å². The zero-order chi connectivity index (χ0) is 52.4. The van der Waals surface area contributed by atoms with Crippen LogP contribution >= 0.6 is 68.4 Å². The largest absolute Gasteiger partial charge is 2.00 e. The summed E-state index contributed by atoms with van der Waals surface area (Å²) in [6.45, 7) is 12.3. The summed E-state index contributed by atoms with van der Waals surface area (Å²) in [6, 6.07) is 22.8. The van der Waals surface area contributed by atoms with Crippen molar-refractivity contribution in [3.63, 3.8) is 0 Å². The average Bonchev–Trinajstić information content (AvgIpc) is 3.85. The summed E-state index contributed by atoms with van der Waals surface area (Å²) in [5.74, 6) is -1.24. The van der Waals surface area contributed by atoms with Crippen LogP contribution in [0.4, 0.5) is 11.4 Å². The molecule has 3 aromatic carbocycles. The van der Waals surface area contributed by atoms with Gasteiger partial charge in [-0.3, -0.25) is 19.4 Å². The molecule has 2 amide bonds. The van der Waals surface area contributed by atoms with Gasteiger partial charge in [0, 0.05) is 13.1 Å². The molecule has 4 rings (SSSR count). The number of anilines is 2. The minimum Gasteiger partial charge on any atom is -0.467 e. The van der Waals surface area contributed by atoms with Crippen molar-refractivity contribution in [3.8, 4) is 0 Å². The Bertz CT molecular complexity index is 2250. The summed E-state index contributed by atoms with van der Waals surface area (Å²) < 4.78 is 17.6. The third-order valence-corrected chi connectivity index (χ3v) is 24.1. The molecule has 0 aliphatic rings. The van der Waals surface area contributed by atoms with Crippen LogP contribution in [0.1, 0.15) is 52.2 Å². The number of esters is 2. The zero-order valence-corrected chi connectivity index (χ0v) is 54.2. The first kappa shape index (κ1) is 66.8. The topological polar surface area (TPSA) is 137 Å². The number of thiocarbonyl (C=S) groups is 4. The first-order chi connectivity index (χ1) is 32.5. The van der Waals surface area contributed by atoms with Crippen molar-refractivity contribution in [2.45, 2.75) is 60.0 Å². The summed E-state index contributed by atoms with van der Waals surface area (Å²) in [6.07, 6.45) is 1.66. The van der Waals surface area contributed by atoms with E-state index in [4.69, 9.17) is 38.3 Å². The van der Waals surface area contributed by atoms with Gasteiger partial charge in [0.05, 0.1) is 38.3 Å². The molecule has 372 valence electrons. The number of nitrogens with zero attached hydrogens (tertiary/aromatic N) is 4. The molecule has 0 spiro atoms. The van der Waals surface area contributed by atoms with Crippen LogP contribution in [0.2, 0.25) is 0 Å². The second-order valence-electron chi connectivity index (χ2n) is 15.1. The van der Waals surface area contributed by atoms with Gasteiger partial charge in [0.15, 0.2) is 5.76 Å². The average molecular weight is 1210 g/mol. The molecule has 0 aliphatic carbocycles. The molecule has 2 atom stereocenters. The number of benzene rings is 3. The molecule has 0 aliphatic heterocycles. The second kappa shape index (κ2) is 35.8. The number of amides is 2. The van der Waals surface area contributed by atoms with E-state index in [1.165, 1.54) is 25.4 Å². The SMILES string of the molecule is CN(C)C(=S)[S][Zn][S]C(=S)N(C)C.COC(=O)C(C)N(C(=O)Cc1ccccc1)c1c(C)cccc1C.COC(=O)C(C)N(C(=O)c1ccco1)c1c(C)cccc1C.S=C([S-])NCCNC(=S)[S-].[Zn+2]. The number of nitrogens with one attached hydrogen (secondary N) is 2. The van der Waals surface area contributed by atoms with Gasteiger partial charge in [0.1, 0.15) is 12.1 Å². The Balaban J connectivity index is 0.000000954. The first-order valence-electron chi connectivity index (χ1n) is 21.1. The molecule has 4 aromatic rings. The molecule has 0 saturated heterocycles. The number of aryl methyl sites for hydroxylation is 4. The second-order valence-corrected chi connectivity index (χ2v) is 28.9. The summed E-state index contributed by atoms with van der Waals surface area (Å²) in [5.41, 5.74) is 6.08. The predicted octanol–water partition coefficient (Wildman–Crippen LogP) is 8.43. The number of hydrogen-bond acceptors (Lipinski definition) is 15. The first-order valence-corrected chi connectivity index (χ1v) is 32.8. The maximum absolute atomic E-state index is 13.0. The van der Waals surface area contributed by atoms with E-state index in [1.54, 1.807) is 30.9 Å². The molecular weight excluding hydrogens is 1150 g/mol. The van der Waals surface area contributed by atoms with Crippen LogP contribution in [0.5, 0.6) is 0 Å². The number of carbonyl (C=O) groups excluding carboxylic acids is 4. The minimum atomic E-state index is -0.762. The number of furan rings is 1. The fraction of sp³-hybridized carbons (Fsp3) is 0.362. The normalized spacial score (nSPS) is 10.6. The number of hydrogen-bond donors (Lipinski definition) is 2. The van der Waals surface area contributed by atoms with E-state index in [-0.39, 0.29) is 43.5 Å². The van der Waals surface area contributed by atoms with E-state index >= 15 is 0 Å². The van der Waals surface area contributed by atoms with Crippen LogP contribution < -0.4 is 20.4 Å². The zero-order valence-electron chi connectivity index (χ0n) is 41.7. The molecule has 0 fully saturated rings. The molecule has 70 heavy (non-hydrogen) atoms. The standard InChI is InChI=1S/C20H23NO3.C17H19NO4.C4H8N2S4.2C3H7NS2.2Zn/c1-14-9-8-10-15(2)19(14)21(16(3)20(23)24-4)18(22)13-17-11-6-5-7-12-17;1-11-7-5-8-12(2)15(11)18(13(3)17(20)21-4)16(19)14-9-6-10-22-14;7-3(8)5-1-2-6-4(9)10;2*1-4(2)3(5)6;;/h5-12,16H,13H2,1-4H3;5-10,13H,1-4H3;1-2H2,(H2,5,7,8)(H2,6,9,10);2*1-2H3,(H,5,6);;/q;;;;;2*+2/p-4. The Labute approximate surface area is 473 Å². The molecule has 2 unspecified atom stereocenters. The number of carbonyl (C=O) groups is 4. The van der Waals surface area contributed by atoms with Crippen molar-refractivity contribution in [2.24, 2.45) is 0 Å². The van der Waals surface area contributed by atoms with Crippen molar-refractivity contribution in [3.05, 3.63) is 119 Å². The van der Waals surface area contributed by atoms with Gasteiger partial charge in [-0.2, -0.15) is 0 Å². The Kier molecular flexibility index (Phi) is 34.2. The molecule has 0 bridgehead atoms. The van der Waals surface area contributed by atoms with Gasteiger partial charge in [0.25, 0.3) is 5.91 Å². The summed E-state index contributed by atoms with van der Waals surface area (Å²) in [5, 5.41) is 5.56. The van der Waals surface area contributed by atoms with Gasteiger partial charge < -0.3 is 74.2 Å². The molecule has 23 heteroatoms. The minimum absolute atomic E-state index is 0. The van der Waals surface area contributed by atoms with Crippen molar-refractivity contribution < 1.29 is 67.2 Å². The van der Waals surface area contributed by atoms with Crippen LogP contribution in [0, 0.1) is 27.7 Å². The quantitative estimate of drug-likeness (QED) is 0.0411. The van der Waals surface area contributed by atoms with Crippen molar-refractivity contribution in [1.29, 1.82) is 0 Å². The van der Waals surface area contributed by atoms with Gasteiger partial charge in [-0.05, 0) is 81.5 Å². The van der Waals surface area contributed by atoms with Gasteiger partial charge in [-0.1, -0.05) is 75.4 Å². The molecule has 1 heterocycles. The van der Waals surface area contributed by atoms with Gasteiger partial charge >= 0.3 is 137 Å². The summed E-state index contributed by atoms with van der Waals surface area (Å²) in [4.78, 5) is 56.8. The fourth-order valence-corrected chi connectivity index (χ4v) is 20.7. The van der Waals surface area contributed by atoms with E-state index in [1.807, 2.05) is 152 Å². The molecule has 1 aromatic heterocycles. The third-order valence-electron chi connectivity index (χ3n) is 9.40. The van der Waals surface area contributed by atoms with Gasteiger partial charge in [-0.15, -0.1) is 0 Å². The third kappa shape index (κ3) is 24.0. The maximum Gasteiger partial charge on any atom is 2.00 e. The molecule has 0 saturated carbocycles. The Morgan fingerprint density at radius 3 is 1.40 bits per heavy atom. The number of para-hydroxylation sites is 2. The van der Waals surface area contributed by atoms with Crippen LogP contribution in [-0.4, -0.2) is 118 Å². The van der Waals surface area contributed by atoms with Gasteiger partial charge in [0.2, 0.25) is 5.91 Å². The monoisotopic (exact) mass is 1200 g/mol. The molecule has 13 nitrogen and oxygen atoms in total. The van der Waals surface area contributed by atoms with E-state index in [9.17, 15) is 19.2 Å². The number of ether oxygens (including phenoxy) is 2. The number of methoxy groups -OCH3 is 2. The van der Waals surface area contributed by atoms with Crippen LogP contribution in [-0.2, 0) is 89.7 Å². The van der Waals surface area contributed by atoms with E-state index in [0.29, 0.717) is 27.4 Å².